The summed E-state index contributed by atoms with van der Waals surface area (Å²) in [5, 5.41) is 0.514. The Morgan fingerprint density at radius 2 is 1.86 bits per heavy atom. The van der Waals surface area contributed by atoms with Crippen molar-refractivity contribution in [2.45, 2.75) is 60.9 Å². The van der Waals surface area contributed by atoms with Crippen molar-refractivity contribution in [1.82, 2.24) is 4.90 Å². The van der Waals surface area contributed by atoms with Crippen molar-refractivity contribution in [2.75, 3.05) is 7.05 Å². The van der Waals surface area contributed by atoms with Crippen LogP contribution in [0.2, 0.25) is 5.02 Å². The lowest BCUT2D eigenvalue weighted by molar-refractivity contribution is -0.151. The van der Waals surface area contributed by atoms with Crippen LogP contribution in [-0.4, -0.2) is 41.4 Å². The highest BCUT2D eigenvalue weighted by molar-refractivity contribution is 8.00. The molecule has 2 heterocycles. The molecule has 2 fully saturated rings. The molecule has 4 atom stereocenters. The smallest absolute Gasteiger partial charge is 0.319 e. The summed E-state index contributed by atoms with van der Waals surface area (Å²) in [6.45, 7) is 1.91. The predicted octanol–water partition coefficient (Wildman–Crippen LogP) is 3.99. The number of carbonyl (C=O) groups is 1. The second-order valence-electron chi connectivity index (χ2n) is 6.29. The number of carbonyl (C=O) groups excluding carboxylic acids is 1. The zero-order chi connectivity index (χ0) is 15.7. The largest absolute Gasteiger partial charge is 0.461 e. The van der Waals surface area contributed by atoms with Gasteiger partial charge in [0.2, 0.25) is 0 Å². The van der Waals surface area contributed by atoms with Gasteiger partial charge in [-0.25, -0.2) is 0 Å². The summed E-state index contributed by atoms with van der Waals surface area (Å²) < 4.78 is 5.77. The van der Waals surface area contributed by atoms with Gasteiger partial charge >= 0.3 is 5.97 Å². The van der Waals surface area contributed by atoms with E-state index in [0.29, 0.717) is 17.1 Å². The first-order valence-electron chi connectivity index (χ1n) is 7.87. The highest BCUT2D eigenvalue weighted by atomic mass is 35.5. The molecule has 0 saturated carbocycles. The molecular weight excluding hydrogens is 318 g/mol. The fraction of sp³-hybridized carbons (Fsp3) is 0.588. The monoisotopic (exact) mass is 339 g/mol. The number of halogens is 1. The number of esters is 1. The third kappa shape index (κ3) is 3.61. The lowest BCUT2D eigenvalue weighted by atomic mass is 10.0. The molecule has 0 amide bonds. The van der Waals surface area contributed by atoms with E-state index < -0.39 is 0 Å². The summed E-state index contributed by atoms with van der Waals surface area (Å²) in [5.74, 6) is -0.103. The Kier molecular flexibility index (Phi) is 5.00. The van der Waals surface area contributed by atoms with E-state index in [4.69, 9.17) is 16.3 Å². The van der Waals surface area contributed by atoms with Crippen LogP contribution >= 0.6 is 23.4 Å². The number of rotatable bonds is 4. The van der Waals surface area contributed by atoms with E-state index in [2.05, 4.69) is 11.9 Å². The minimum Gasteiger partial charge on any atom is -0.461 e. The lowest BCUT2D eigenvalue weighted by Gasteiger charge is -2.36. The summed E-state index contributed by atoms with van der Waals surface area (Å²) in [7, 11) is 2.19. The average Bonchev–Trinajstić information content (AvgIpc) is 2.72. The number of benzene rings is 1. The Hall–Kier alpha value is -0.710. The number of ether oxygens (including phenoxy) is 1. The van der Waals surface area contributed by atoms with Crippen LogP contribution in [0.3, 0.4) is 0 Å². The number of thioether (sulfide) groups is 1. The molecule has 3 nitrogen and oxygen atoms in total. The molecule has 0 aromatic heterocycles. The van der Waals surface area contributed by atoms with Gasteiger partial charge in [-0.2, -0.15) is 0 Å². The Bertz CT molecular complexity index is 522. The van der Waals surface area contributed by atoms with Crippen LogP contribution in [0.15, 0.2) is 29.2 Å². The van der Waals surface area contributed by atoms with Crippen molar-refractivity contribution < 1.29 is 9.53 Å². The first-order chi connectivity index (χ1) is 10.5. The van der Waals surface area contributed by atoms with Crippen LogP contribution in [-0.2, 0) is 9.53 Å². The van der Waals surface area contributed by atoms with Crippen molar-refractivity contribution in [3.05, 3.63) is 29.3 Å². The topological polar surface area (TPSA) is 29.5 Å². The molecule has 2 aliphatic rings. The van der Waals surface area contributed by atoms with Gasteiger partial charge in [0.1, 0.15) is 11.4 Å². The molecule has 1 aromatic rings. The molecule has 5 heteroatoms. The van der Waals surface area contributed by atoms with Crippen LogP contribution in [0.25, 0.3) is 0 Å². The summed E-state index contributed by atoms with van der Waals surface area (Å²) in [4.78, 5) is 15.8. The number of fused-ring (bicyclic) bond motifs is 2. The van der Waals surface area contributed by atoms with Crippen molar-refractivity contribution in [3.8, 4) is 0 Å². The normalized spacial score (nSPS) is 29.3. The molecule has 0 N–H and O–H groups in total. The molecule has 2 bridgehead atoms. The fourth-order valence-corrected chi connectivity index (χ4v) is 4.46. The van der Waals surface area contributed by atoms with Crippen molar-refractivity contribution >= 4 is 29.3 Å². The molecule has 120 valence electrons. The summed E-state index contributed by atoms with van der Waals surface area (Å²) >= 11 is 7.40. The van der Waals surface area contributed by atoms with E-state index in [1.165, 1.54) is 24.6 Å². The van der Waals surface area contributed by atoms with Crippen molar-refractivity contribution in [1.29, 1.82) is 0 Å². The first-order valence-corrected chi connectivity index (χ1v) is 9.13. The van der Waals surface area contributed by atoms with E-state index in [-0.39, 0.29) is 17.3 Å². The van der Waals surface area contributed by atoms with Crippen LogP contribution in [0.4, 0.5) is 0 Å². The molecular formula is C17H22ClNO2S. The number of hydrogen-bond donors (Lipinski definition) is 0. The van der Waals surface area contributed by atoms with Crippen LogP contribution in [0.5, 0.6) is 0 Å². The van der Waals surface area contributed by atoms with Gasteiger partial charge in [-0.3, -0.25) is 4.79 Å². The summed E-state index contributed by atoms with van der Waals surface area (Å²) in [6.07, 6.45) is 4.54. The average molecular weight is 340 g/mol. The van der Waals surface area contributed by atoms with Gasteiger partial charge in [0.25, 0.3) is 0 Å². The maximum Gasteiger partial charge on any atom is 0.319 e. The van der Waals surface area contributed by atoms with Gasteiger partial charge in [-0.15, -0.1) is 11.8 Å². The van der Waals surface area contributed by atoms with Gasteiger partial charge < -0.3 is 9.64 Å². The van der Waals surface area contributed by atoms with Gasteiger partial charge in [-0.05, 0) is 63.9 Å². The quantitative estimate of drug-likeness (QED) is 0.613. The maximum absolute atomic E-state index is 12.3. The third-order valence-corrected chi connectivity index (χ3v) is 6.14. The molecule has 2 saturated heterocycles. The summed E-state index contributed by atoms with van der Waals surface area (Å²) in [5.41, 5.74) is 0. The van der Waals surface area contributed by atoms with Gasteiger partial charge in [0, 0.05) is 22.0 Å². The lowest BCUT2D eigenvalue weighted by Crippen LogP contribution is -2.44. The zero-order valence-electron chi connectivity index (χ0n) is 13.0. The second-order valence-corrected chi connectivity index (χ2v) is 8.15. The molecule has 0 spiro atoms. The number of nitrogens with zero attached hydrogens (tertiary/aromatic N) is 1. The minimum absolute atomic E-state index is 0.0921. The summed E-state index contributed by atoms with van der Waals surface area (Å²) in [6, 6.07) is 8.75. The van der Waals surface area contributed by atoms with Gasteiger partial charge in [-0.1, -0.05) is 11.6 Å². The van der Waals surface area contributed by atoms with E-state index in [1.807, 2.05) is 31.2 Å². The molecule has 2 aliphatic heterocycles. The van der Waals surface area contributed by atoms with Gasteiger partial charge in [0.15, 0.2) is 0 Å². The van der Waals surface area contributed by atoms with Crippen LogP contribution < -0.4 is 0 Å². The minimum atomic E-state index is -0.196. The van der Waals surface area contributed by atoms with E-state index in [1.54, 1.807) is 0 Å². The Morgan fingerprint density at radius 3 is 2.45 bits per heavy atom. The zero-order valence-corrected chi connectivity index (χ0v) is 14.6. The standard InChI is InChI=1S/C17H22ClNO2S/c1-11(22-16-7-3-12(18)4-8-16)17(20)21-15-9-13-5-6-14(10-15)19(13)2/h3-4,7-8,11,13-15H,5-6,9-10H2,1-2H3/t11-,13-,14+,15?/m1/s1. The number of piperidine rings is 1. The van der Waals surface area contributed by atoms with Crippen LogP contribution in [0.1, 0.15) is 32.6 Å². The molecule has 1 aromatic carbocycles. The second kappa shape index (κ2) is 6.81. The highest BCUT2D eigenvalue weighted by Crippen LogP contribution is 2.36. The molecule has 22 heavy (non-hydrogen) atoms. The Balaban J connectivity index is 1.52. The molecule has 0 aliphatic carbocycles. The van der Waals surface area contributed by atoms with Gasteiger partial charge in [0.05, 0.1) is 0 Å². The Labute approximate surface area is 141 Å². The molecule has 3 rings (SSSR count). The SMILES string of the molecule is C[C@@H](Sc1ccc(Cl)cc1)C(=O)OC1C[C@H]2CC[C@@H](C1)N2C. The predicted molar refractivity (Wildman–Crippen MR) is 90.5 cm³/mol. The van der Waals surface area contributed by atoms with E-state index in [9.17, 15) is 4.79 Å². The Morgan fingerprint density at radius 1 is 1.27 bits per heavy atom. The first kappa shape index (κ1) is 16.2. The van der Waals surface area contributed by atoms with Crippen molar-refractivity contribution in [2.24, 2.45) is 0 Å². The third-order valence-electron chi connectivity index (χ3n) is 4.80. The van der Waals surface area contributed by atoms with Crippen molar-refractivity contribution in [3.63, 3.8) is 0 Å². The molecule has 1 unspecified atom stereocenters. The van der Waals surface area contributed by atoms with Crippen LogP contribution in [0, 0.1) is 0 Å². The molecule has 0 radical (unpaired) electrons. The maximum atomic E-state index is 12.3. The van der Waals surface area contributed by atoms with E-state index >= 15 is 0 Å². The van der Waals surface area contributed by atoms with E-state index in [0.717, 1.165) is 17.7 Å². The highest BCUT2D eigenvalue weighted by Gasteiger charge is 2.40. The number of hydrogen-bond acceptors (Lipinski definition) is 4. The fourth-order valence-electron chi connectivity index (χ4n) is 3.48.